The number of benzene rings is 1. The van der Waals surface area contributed by atoms with Gasteiger partial charge in [-0.15, -0.1) is 0 Å². The van der Waals surface area contributed by atoms with Gasteiger partial charge in [-0.3, -0.25) is 9.59 Å². The van der Waals surface area contributed by atoms with Crippen LogP contribution < -0.4 is 4.90 Å². The number of thiocarbonyl (C=S) groups is 1. The van der Waals surface area contributed by atoms with Crippen LogP contribution in [0.3, 0.4) is 0 Å². The minimum absolute atomic E-state index is 0.0428. The summed E-state index contributed by atoms with van der Waals surface area (Å²) in [6.07, 6.45) is -0.312. The maximum atomic E-state index is 13.0. The van der Waals surface area contributed by atoms with Gasteiger partial charge in [0.15, 0.2) is 0 Å². The van der Waals surface area contributed by atoms with Gasteiger partial charge in [-0.25, -0.2) is 14.5 Å². The summed E-state index contributed by atoms with van der Waals surface area (Å²) in [7, 11) is 0. The summed E-state index contributed by atoms with van der Waals surface area (Å²) in [4.78, 5) is 54.4. The molecule has 2 heterocycles. The Labute approximate surface area is 208 Å². The van der Waals surface area contributed by atoms with Gasteiger partial charge in [0.1, 0.15) is 15.2 Å². The van der Waals surface area contributed by atoms with Crippen molar-refractivity contribution >= 4 is 57.9 Å². The molecule has 0 unspecified atom stereocenters. The van der Waals surface area contributed by atoms with E-state index in [0.717, 1.165) is 4.90 Å². The van der Waals surface area contributed by atoms with Gasteiger partial charge in [-0.1, -0.05) is 24.0 Å². The van der Waals surface area contributed by atoms with Crippen molar-refractivity contribution < 1.29 is 28.7 Å². The van der Waals surface area contributed by atoms with E-state index in [1.54, 1.807) is 24.0 Å². The van der Waals surface area contributed by atoms with Gasteiger partial charge < -0.3 is 19.3 Å². The molecular weight excluding hydrogens is 478 g/mol. The molecule has 0 N–H and O–H groups in total. The number of imide groups is 1. The zero-order chi connectivity index (χ0) is 25.0. The molecule has 2 saturated heterocycles. The molecule has 3 rings (SSSR count). The first-order valence-corrected chi connectivity index (χ1v) is 12.4. The molecule has 34 heavy (non-hydrogen) atoms. The summed E-state index contributed by atoms with van der Waals surface area (Å²) in [5, 5.41) is -0.617. The smallest absolute Gasteiger partial charge is 0.410 e. The first-order valence-electron chi connectivity index (χ1n) is 11.1. The molecule has 1 aromatic carbocycles. The minimum atomic E-state index is -0.617. The van der Waals surface area contributed by atoms with E-state index < -0.39 is 16.8 Å². The van der Waals surface area contributed by atoms with E-state index in [1.807, 2.05) is 25.7 Å². The summed E-state index contributed by atoms with van der Waals surface area (Å²) in [6, 6.07) is 6.18. The van der Waals surface area contributed by atoms with Crippen molar-refractivity contribution in [1.82, 2.24) is 9.80 Å². The van der Waals surface area contributed by atoms with Crippen molar-refractivity contribution in [2.75, 3.05) is 37.7 Å². The lowest BCUT2D eigenvalue weighted by atomic mass is 10.2. The fourth-order valence-corrected chi connectivity index (χ4v) is 5.06. The standard InChI is InChI=1S/C23H29N3O6S2/c1-5-31-20(29)15-6-8-16(9-7-15)26-18(27)14-17(19(26)28)34-22(33)25-12-10-24(11-13-25)21(30)32-23(2,3)4/h6-9,17H,5,10-14H2,1-4H3/t17-/m1/s1. The third-order valence-electron chi connectivity index (χ3n) is 5.17. The van der Waals surface area contributed by atoms with Gasteiger partial charge in [0.05, 0.1) is 17.9 Å². The number of piperazine rings is 1. The maximum absolute atomic E-state index is 13.0. The molecule has 0 radical (unpaired) electrons. The molecule has 0 spiro atoms. The summed E-state index contributed by atoms with van der Waals surface area (Å²) in [5.74, 6) is -1.11. The topological polar surface area (TPSA) is 96.5 Å². The predicted molar refractivity (Wildman–Crippen MR) is 133 cm³/mol. The zero-order valence-corrected chi connectivity index (χ0v) is 21.4. The van der Waals surface area contributed by atoms with E-state index in [-0.39, 0.29) is 30.9 Å². The van der Waals surface area contributed by atoms with E-state index >= 15 is 0 Å². The second-order valence-electron chi connectivity index (χ2n) is 8.87. The van der Waals surface area contributed by atoms with E-state index in [0.29, 0.717) is 41.8 Å². The molecule has 11 heteroatoms. The number of hydrogen-bond donors (Lipinski definition) is 0. The summed E-state index contributed by atoms with van der Waals surface area (Å²) < 4.78 is 10.9. The Morgan fingerprint density at radius 2 is 1.65 bits per heavy atom. The molecule has 2 fully saturated rings. The highest BCUT2D eigenvalue weighted by atomic mass is 32.2. The number of ether oxygens (including phenoxy) is 2. The van der Waals surface area contributed by atoms with E-state index in [1.165, 1.54) is 23.9 Å². The van der Waals surface area contributed by atoms with Gasteiger partial charge in [-0.05, 0) is 52.0 Å². The molecule has 1 atom stereocenters. The number of carbonyl (C=O) groups excluding carboxylic acids is 4. The van der Waals surface area contributed by atoms with Crippen LogP contribution >= 0.6 is 24.0 Å². The van der Waals surface area contributed by atoms with Crippen LogP contribution in [0.1, 0.15) is 44.5 Å². The molecule has 184 valence electrons. The van der Waals surface area contributed by atoms with Crippen molar-refractivity contribution in [3.63, 3.8) is 0 Å². The van der Waals surface area contributed by atoms with E-state index in [9.17, 15) is 19.2 Å². The van der Waals surface area contributed by atoms with Gasteiger partial charge in [0, 0.05) is 32.6 Å². The second kappa shape index (κ2) is 10.7. The highest BCUT2D eigenvalue weighted by Gasteiger charge is 2.41. The van der Waals surface area contributed by atoms with Crippen molar-refractivity contribution in [1.29, 1.82) is 0 Å². The summed E-state index contributed by atoms with van der Waals surface area (Å²) in [6.45, 7) is 9.44. The van der Waals surface area contributed by atoms with Crippen LogP contribution in [0.2, 0.25) is 0 Å². The molecule has 0 bridgehead atoms. The Bertz CT molecular complexity index is 968. The lowest BCUT2D eigenvalue weighted by Gasteiger charge is -2.36. The summed E-state index contributed by atoms with van der Waals surface area (Å²) >= 11 is 6.74. The third kappa shape index (κ3) is 6.26. The maximum Gasteiger partial charge on any atom is 0.410 e. The normalized spacial score (nSPS) is 18.8. The van der Waals surface area contributed by atoms with Crippen LogP contribution in [-0.2, 0) is 19.1 Å². The average Bonchev–Trinajstić information content (AvgIpc) is 3.05. The molecule has 0 aromatic heterocycles. The van der Waals surface area contributed by atoms with Crippen molar-refractivity contribution in [2.45, 2.75) is 45.0 Å². The fraction of sp³-hybridized carbons (Fsp3) is 0.522. The quantitative estimate of drug-likeness (QED) is 0.346. The van der Waals surface area contributed by atoms with Crippen LogP contribution in [0.4, 0.5) is 10.5 Å². The van der Waals surface area contributed by atoms with Gasteiger partial charge in [0.2, 0.25) is 11.8 Å². The van der Waals surface area contributed by atoms with Gasteiger partial charge in [0.25, 0.3) is 0 Å². The highest BCUT2D eigenvalue weighted by molar-refractivity contribution is 8.23. The molecule has 0 aliphatic carbocycles. The Balaban J connectivity index is 1.55. The molecule has 9 nitrogen and oxygen atoms in total. The number of hydrogen-bond acceptors (Lipinski definition) is 8. The minimum Gasteiger partial charge on any atom is -0.462 e. The SMILES string of the molecule is CCOC(=O)c1ccc(N2C(=O)C[C@@H](SC(=S)N3CCN(C(=O)OC(C)(C)C)CC3)C2=O)cc1. The summed E-state index contributed by atoms with van der Waals surface area (Å²) in [5.41, 5.74) is 0.199. The van der Waals surface area contributed by atoms with Crippen LogP contribution in [0.15, 0.2) is 24.3 Å². The Morgan fingerprint density at radius 1 is 1.06 bits per heavy atom. The average molecular weight is 508 g/mol. The molecular formula is C23H29N3O6S2. The van der Waals surface area contributed by atoms with Crippen LogP contribution in [0, 0.1) is 0 Å². The number of anilines is 1. The lowest BCUT2D eigenvalue weighted by molar-refractivity contribution is -0.121. The zero-order valence-electron chi connectivity index (χ0n) is 19.7. The monoisotopic (exact) mass is 507 g/mol. The van der Waals surface area contributed by atoms with Crippen molar-refractivity contribution in [2.24, 2.45) is 0 Å². The number of nitrogens with zero attached hydrogens (tertiary/aromatic N) is 3. The molecule has 3 amide bonds. The van der Waals surface area contributed by atoms with Crippen LogP contribution in [0.25, 0.3) is 0 Å². The van der Waals surface area contributed by atoms with Crippen molar-refractivity contribution in [3.05, 3.63) is 29.8 Å². The molecule has 1 aromatic rings. The van der Waals surface area contributed by atoms with Crippen molar-refractivity contribution in [3.8, 4) is 0 Å². The van der Waals surface area contributed by atoms with Gasteiger partial charge >= 0.3 is 12.1 Å². The second-order valence-corrected chi connectivity index (χ2v) is 10.7. The van der Waals surface area contributed by atoms with E-state index in [4.69, 9.17) is 21.7 Å². The number of amides is 3. The lowest BCUT2D eigenvalue weighted by Crippen LogP contribution is -2.51. The number of esters is 1. The Morgan fingerprint density at radius 3 is 2.21 bits per heavy atom. The van der Waals surface area contributed by atoms with Crippen LogP contribution in [-0.4, -0.2) is 81.6 Å². The van der Waals surface area contributed by atoms with Gasteiger partial charge in [-0.2, -0.15) is 0 Å². The van der Waals surface area contributed by atoms with E-state index in [2.05, 4.69) is 0 Å². The fourth-order valence-electron chi connectivity index (χ4n) is 3.52. The highest BCUT2D eigenvalue weighted by Crippen LogP contribution is 2.31. The number of thioether (sulfide) groups is 1. The third-order valence-corrected chi connectivity index (χ3v) is 6.83. The largest absolute Gasteiger partial charge is 0.462 e. The predicted octanol–water partition coefficient (Wildman–Crippen LogP) is 3.07. The Kier molecular flexibility index (Phi) is 8.19. The van der Waals surface area contributed by atoms with Crippen LogP contribution in [0.5, 0.6) is 0 Å². The molecule has 2 aliphatic heterocycles. The number of carbonyl (C=O) groups is 4. The molecule has 0 saturated carbocycles. The Hall–Kier alpha value is -2.66. The number of rotatable bonds is 4. The molecule has 2 aliphatic rings. The first kappa shape index (κ1) is 26.0. The first-order chi connectivity index (χ1) is 16.0.